The van der Waals surface area contributed by atoms with Crippen molar-refractivity contribution in [3.05, 3.63) is 154 Å². The molecule has 1 saturated heterocycles. The van der Waals surface area contributed by atoms with Gasteiger partial charge in [0.15, 0.2) is 23.0 Å². The van der Waals surface area contributed by atoms with Gasteiger partial charge in [-0.25, -0.2) is 4.99 Å². The SMILES string of the molecule is CCc1cc2c([n-]1)N1CCNC3C#CC(Cc4cccc-2c4)c2c(c(OC)c(OCCC(O)C=Cc4ccccc4)c4c2OC(c2ccc(O)cc2)CC4=[OH+])OCC(CO)Cc2ccc(cc2N=C(N)N)CC31. The first-order valence-corrected chi connectivity index (χ1v) is 25.1. The number of aliphatic hydroxyl groups excluding tert-OH is 2. The van der Waals surface area contributed by atoms with Crippen molar-refractivity contribution in [2.75, 3.05) is 44.9 Å². The number of benzene rings is 5. The Hall–Kier alpha value is -7.70. The zero-order valence-electron chi connectivity index (χ0n) is 41.1. The van der Waals surface area contributed by atoms with Crippen LogP contribution in [0, 0.1) is 17.8 Å². The largest absolute Gasteiger partial charge is 0.508 e. The number of aromatic hydroxyl groups is 1. The van der Waals surface area contributed by atoms with E-state index in [0.29, 0.717) is 54.9 Å². The molecule has 5 aromatic carbocycles. The van der Waals surface area contributed by atoms with Crippen LogP contribution in [0.25, 0.3) is 17.2 Å². The molecule has 14 heteroatoms. The molecule has 0 saturated carbocycles. The molecule has 0 spiro atoms. The number of nitrogens with two attached hydrogens (primary N) is 2. The lowest BCUT2D eigenvalue weighted by Gasteiger charge is -2.48. The molecule has 0 amide bonds. The Labute approximate surface area is 425 Å². The Bertz CT molecular complexity index is 3100. The van der Waals surface area contributed by atoms with Crippen molar-refractivity contribution in [1.29, 1.82) is 0 Å². The number of aliphatic imine (C=N–C) groups is 1. The number of piperazine rings is 1. The number of aliphatic hydroxyl groups is 2. The topological polar surface area (TPSA) is 213 Å². The first kappa shape index (κ1) is 48.9. The van der Waals surface area contributed by atoms with E-state index in [0.717, 1.165) is 56.9 Å². The number of hydrogen-bond donors (Lipinski definition) is 6. The van der Waals surface area contributed by atoms with Crippen molar-refractivity contribution in [3.8, 4) is 51.7 Å². The van der Waals surface area contributed by atoms with Gasteiger partial charge in [-0.2, -0.15) is 0 Å². The lowest BCUT2D eigenvalue weighted by atomic mass is 9.84. The summed E-state index contributed by atoms with van der Waals surface area (Å²) in [5, 5.41) is 36.3. The van der Waals surface area contributed by atoms with Crippen molar-refractivity contribution >= 4 is 29.3 Å². The van der Waals surface area contributed by atoms with Crippen molar-refractivity contribution in [3.63, 3.8) is 0 Å². The highest BCUT2D eigenvalue weighted by Gasteiger charge is 2.43. The van der Waals surface area contributed by atoms with Crippen LogP contribution in [0.2, 0.25) is 0 Å². The second-order valence-corrected chi connectivity index (χ2v) is 19.2. The van der Waals surface area contributed by atoms with Gasteiger partial charge >= 0.3 is 5.78 Å². The Morgan fingerprint density at radius 1 is 0.959 bits per heavy atom. The van der Waals surface area contributed by atoms with Crippen molar-refractivity contribution in [2.24, 2.45) is 22.4 Å². The van der Waals surface area contributed by atoms with Crippen LogP contribution >= 0.6 is 0 Å². The number of nitrogens with zero attached hydrogens (tertiary/aromatic N) is 3. The van der Waals surface area contributed by atoms with Crippen LogP contribution in [0.1, 0.15) is 76.4 Å². The van der Waals surface area contributed by atoms with Gasteiger partial charge in [-0.1, -0.05) is 127 Å². The summed E-state index contributed by atoms with van der Waals surface area (Å²) in [6, 6.07) is 32.7. The minimum absolute atomic E-state index is 0.00452. The number of carbonyl (C=O) groups excluding carboxylic acids is 1. The molecule has 6 aromatic rings. The Kier molecular flexibility index (Phi) is 14.4. The molecule has 1 fully saturated rings. The fourth-order valence-corrected chi connectivity index (χ4v) is 10.5. The van der Waals surface area contributed by atoms with Crippen LogP contribution in [0.4, 0.5) is 11.5 Å². The zero-order chi connectivity index (χ0) is 50.6. The van der Waals surface area contributed by atoms with Crippen molar-refractivity contribution < 1.29 is 39.1 Å². The number of phenolic OH excluding ortho intramolecular Hbond substituents is 1. The van der Waals surface area contributed by atoms with E-state index in [2.05, 4.69) is 70.4 Å². The van der Waals surface area contributed by atoms with Crippen LogP contribution in [0.5, 0.6) is 28.7 Å². The maximum Gasteiger partial charge on any atom is 0.335 e. The normalized spacial score (nSPS) is 20.5. The van der Waals surface area contributed by atoms with Gasteiger partial charge in [-0.05, 0) is 102 Å². The zero-order valence-corrected chi connectivity index (χ0v) is 41.1. The van der Waals surface area contributed by atoms with E-state index < -0.39 is 24.0 Å². The second kappa shape index (κ2) is 21.6. The van der Waals surface area contributed by atoms with E-state index in [1.54, 1.807) is 30.3 Å². The monoisotopic (exact) mass is 982 g/mol. The van der Waals surface area contributed by atoms with Crippen LogP contribution < -0.4 is 45.6 Å². The Balaban J connectivity index is 1.20. The summed E-state index contributed by atoms with van der Waals surface area (Å²) in [7, 11) is 1.53. The van der Waals surface area contributed by atoms with Gasteiger partial charge in [0.1, 0.15) is 24.0 Å². The van der Waals surface area contributed by atoms with E-state index in [9.17, 15) is 20.1 Å². The predicted octanol–water partition coefficient (Wildman–Crippen LogP) is 7.03. The summed E-state index contributed by atoms with van der Waals surface area (Å²) in [5.41, 5.74) is 21.1. The number of nitrogens with one attached hydrogen (secondary N) is 1. The fourth-order valence-electron chi connectivity index (χ4n) is 10.5. The van der Waals surface area contributed by atoms with E-state index >= 15 is 0 Å². The van der Waals surface area contributed by atoms with Crippen LogP contribution in [0.3, 0.4) is 0 Å². The molecule has 0 aliphatic carbocycles. The summed E-state index contributed by atoms with van der Waals surface area (Å²) in [5.74, 6) is 8.28. The van der Waals surface area contributed by atoms with Gasteiger partial charge in [-0.3, -0.25) is 4.79 Å². The summed E-state index contributed by atoms with van der Waals surface area (Å²) in [6.07, 6.45) is 4.40. The number of guanidine groups is 1. The number of phenols is 1. The van der Waals surface area contributed by atoms with Gasteiger partial charge in [0.25, 0.3) is 0 Å². The molecule has 9 N–H and O–H groups in total. The lowest BCUT2D eigenvalue weighted by molar-refractivity contribution is 0.153. The van der Waals surface area contributed by atoms with E-state index in [1.165, 1.54) is 7.11 Å². The number of aromatic nitrogens is 1. The fraction of sp³-hybridized carbons (Fsp3) is 0.322. The summed E-state index contributed by atoms with van der Waals surface area (Å²) >= 11 is 0. The quantitative estimate of drug-likeness (QED) is 0.0335. The van der Waals surface area contributed by atoms with Crippen LogP contribution in [0.15, 0.2) is 114 Å². The van der Waals surface area contributed by atoms with E-state index in [-0.39, 0.29) is 79.5 Å². The predicted molar refractivity (Wildman–Crippen MR) is 284 cm³/mol. The molecule has 5 aliphatic rings. The summed E-state index contributed by atoms with van der Waals surface area (Å²) in [6.45, 7) is 3.24. The minimum Gasteiger partial charge on any atom is -0.508 e. The van der Waals surface area contributed by atoms with Gasteiger partial charge < -0.3 is 60.9 Å². The first-order chi connectivity index (χ1) is 35.6. The van der Waals surface area contributed by atoms with E-state index in [1.807, 2.05) is 48.5 Å². The maximum atomic E-state index is 12.5. The molecule has 0 radical (unpaired) electrons. The minimum atomic E-state index is -0.857. The number of methoxy groups -OCH3 is 1. The standard InChI is InChI=1S/C59H61N6O8/c1-3-43-31-46-40-11-7-10-36(26-40)27-42-17-21-47-49(65(24-23-62-47)58(46)63-43)30-37-12-14-41(48(29-37)64-59(60)61)28-38(33-66)34-72-55-52(42)54-53(50(69)32-51(73-54)39-15-19-44(67)20-16-39)56(57(55)70-2)71-25-22-45(68)18-13-35-8-5-4-6-9-35/h4-16,18-20,26,29,31,38,42,45,47,49,51,62,66-68H,3,22-25,27-28,30,32-34H2,1-2H3,(H4,60,61,64)/q-1/p+1. The first-order valence-electron chi connectivity index (χ1n) is 25.1. The average molecular weight is 983 g/mol. The number of fused-ring (bicyclic) bond motifs is 11. The summed E-state index contributed by atoms with van der Waals surface area (Å²) in [4.78, 5) is 24.8. The molecule has 6 heterocycles. The van der Waals surface area contributed by atoms with Crippen molar-refractivity contribution in [1.82, 2.24) is 10.3 Å². The molecular weight excluding hydrogens is 921 g/mol. The number of ketones is 1. The van der Waals surface area contributed by atoms with Gasteiger partial charge in [-0.15, -0.1) is 0 Å². The molecule has 14 nitrogen and oxygen atoms in total. The van der Waals surface area contributed by atoms with Crippen molar-refractivity contribution in [2.45, 2.75) is 75.7 Å². The molecule has 8 bridgehead atoms. The third kappa shape index (κ3) is 10.5. The lowest BCUT2D eigenvalue weighted by Crippen LogP contribution is -2.59. The maximum absolute atomic E-state index is 12.5. The number of aryl methyl sites for hydroxylation is 1. The number of rotatable bonds is 11. The smallest absolute Gasteiger partial charge is 0.335 e. The molecule has 1 aromatic heterocycles. The third-order valence-electron chi connectivity index (χ3n) is 14.2. The van der Waals surface area contributed by atoms with Gasteiger partial charge in [0, 0.05) is 18.9 Å². The molecule has 6 atom stereocenters. The summed E-state index contributed by atoms with van der Waals surface area (Å²) < 4.78 is 27.3. The van der Waals surface area contributed by atoms with Gasteiger partial charge in [0.2, 0.25) is 5.75 Å². The third-order valence-corrected chi connectivity index (χ3v) is 14.2. The van der Waals surface area contributed by atoms with Gasteiger partial charge in [0.05, 0.1) is 49.6 Å². The van der Waals surface area contributed by atoms with E-state index in [4.69, 9.17) is 35.4 Å². The average Bonchev–Trinajstić information content (AvgIpc) is 3.83. The number of hydrogen-bond acceptors (Lipinski definition) is 10. The number of ether oxygens (including phenoxy) is 4. The molecule has 6 unspecified atom stereocenters. The highest BCUT2D eigenvalue weighted by Crippen LogP contribution is 2.56. The second-order valence-electron chi connectivity index (χ2n) is 19.2. The molecule has 376 valence electrons. The highest BCUT2D eigenvalue weighted by atomic mass is 16.5. The highest BCUT2D eigenvalue weighted by molar-refractivity contribution is 6.05. The van der Waals surface area contributed by atoms with Crippen LogP contribution in [-0.2, 0) is 25.7 Å². The molecule has 5 aliphatic heterocycles. The Morgan fingerprint density at radius 3 is 2.56 bits per heavy atom. The molecule has 11 rings (SSSR count). The Morgan fingerprint density at radius 2 is 1.78 bits per heavy atom. The number of anilines is 1. The molecule has 73 heavy (non-hydrogen) atoms. The van der Waals surface area contributed by atoms with Crippen LogP contribution in [-0.4, -0.2) is 90.1 Å². The molecular formula is C59H62N6O8.